The number of pyridine rings is 1. The Balaban J connectivity index is 1.28. The van der Waals surface area contributed by atoms with Crippen LogP contribution in [0.3, 0.4) is 0 Å². The van der Waals surface area contributed by atoms with Gasteiger partial charge in [-0.15, -0.1) is 0 Å². The highest BCUT2D eigenvalue weighted by atomic mass is 35.5. The average Bonchev–Trinajstić information content (AvgIpc) is 3.33. The van der Waals surface area contributed by atoms with Gasteiger partial charge in [0.05, 0.1) is 36.0 Å². The summed E-state index contributed by atoms with van der Waals surface area (Å²) >= 11 is 6.93. The summed E-state index contributed by atoms with van der Waals surface area (Å²) in [5.74, 6) is 0.256. The van der Waals surface area contributed by atoms with Crippen LogP contribution in [0.2, 0.25) is 5.02 Å². The first-order valence-electron chi connectivity index (χ1n) is 16.8. The molecule has 3 atom stereocenters. The lowest BCUT2D eigenvalue weighted by atomic mass is 9.95. The molecule has 11 nitrogen and oxygen atoms in total. The second-order valence-electron chi connectivity index (χ2n) is 13.7. The Morgan fingerprint density at radius 3 is 2.91 bits per heavy atom. The molecule has 1 amide bonds. The average molecular weight is 663 g/mol. The van der Waals surface area contributed by atoms with Crippen molar-refractivity contribution in [2.45, 2.75) is 68.9 Å². The number of hydrogen-bond acceptors (Lipinski definition) is 10. The molecule has 3 saturated heterocycles. The van der Waals surface area contributed by atoms with E-state index < -0.39 is 11.9 Å². The van der Waals surface area contributed by atoms with Gasteiger partial charge in [-0.25, -0.2) is 14.2 Å². The molecule has 0 radical (unpaired) electrons. The van der Waals surface area contributed by atoms with Gasteiger partial charge in [-0.2, -0.15) is 10.2 Å². The number of carbonyl (C=O) groups is 1. The Morgan fingerprint density at radius 1 is 1.23 bits per heavy atom. The molecule has 7 heterocycles. The van der Waals surface area contributed by atoms with E-state index >= 15 is 4.39 Å². The van der Waals surface area contributed by atoms with Gasteiger partial charge in [0.2, 0.25) is 0 Å². The third-order valence-electron chi connectivity index (χ3n) is 10.9. The van der Waals surface area contributed by atoms with Gasteiger partial charge < -0.3 is 25.0 Å². The summed E-state index contributed by atoms with van der Waals surface area (Å²) in [5, 5.41) is 17.1. The Hall–Kier alpha value is -3.61. The van der Waals surface area contributed by atoms with Crippen LogP contribution in [-0.4, -0.2) is 85.3 Å². The minimum Gasteiger partial charge on any atom is -0.450 e. The van der Waals surface area contributed by atoms with Crippen molar-refractivity contribution in [3.63, 3.8) is 0 Å². The van der Waals surface area contributed by atoms with Crippen molar-refractivity contribution in [2.24, 2.45) is 21.1 Å². The first kappa shape index (κ1) is 30.7. The van der Waals surface area contributed by atoms with Crippen molar-refractivity contribution >= 4 is 47.8 Å². The van der Waals surface area contributed by atoms with Crippen LogP contribution in [0.25, 0.3) is 12.0 Å². The van der Waals surface area contributed by atoms with Crippen LogP contribution in [-0.2, 0) is 9.47 Å². The Kier molecular flexibility index (Phi) is 8.13. The molecule has 4 bridgehead atoms. The van der Waals surface area contributed by atoms with Gasteiger partial charge in [-0.1, -0.05) is 11.6 Å². The molecule has 0 spiro atoms. The van der Waals surface area contributed by atoms with Gasteiger partial charge in [0.1, 0.15) is 17.9 Å². The maximum absolute atomic E-state index is 17.3. The van der Waals surface area contributed by atoms with Crippen molar-refractivity contribution in [1.82, 2.24) is 20.1 Å². The van der Waals surface area contributed by atoms with Crippen LogP contribution in [0.1, 0.15) is 62.8 Å². The smallest absolute Gasteiger partial charge is 0.407 e. The number of carbonyl (C=O) groups excluding carboxylic acids is 1. The number of anilines is 1. The Labute approximate surface area is 277 Å². The highest BCUT2D eigenvalue weighted by Crippen LogP contribution is 2.52. The van der Waals surface area contributed by atoms with Gasteiger partial charge in [-0.05, 0) is 94.6 Å². The largest absolute Gasteiger partial charge is 0.450 e. The normalized spacial score (nSPS) is 27.9. The Bertz CT molecular complexity index is 1860. The monoisotopic (exact) mass is 662 g/mol. The summed E-state index contributed by atoms with van der Waals surface area (Å²) in [5.41, 5.74) is 1.72. The van der Waals surface area contributed by atoms with Crippen molar-refractivity contribution < 1.29 is 18.7 Å². The van der Waals surface area contributed by atoms with E-state index in [4.69, 9.17) is 26.1 Å². The second-order valence-corrected chi connectivity index (χ2v) is 14.1. The predicted molar refractivity (Wildman–Crippen MR) is 176 cm³/mol. The summed E-state index contributed by atoms with van der Waals surface area (Å²) in [6, 6.07) is 1.64. The maximum Gasteiger partial charge on any atom is 0.407 e. The topological polar surface area (TPSA) is 116 Å². The van der Waals surface area contributed by atoms with Gasteiger partial charge in [0.25, 0.3) is 0 Å². The van der Waals surface area contributed by atoms with Crippen molar-refractivity contribution in [3.05, 3.63) is 49.7 Å². The zero-order chi connectivity index (χ0) is 32.1. The minimum absolute atomic E-state index is 0.0575. The summed E-state index contributed by atoms with van der Waals surface area (Å²) in [6.07, 6.45) is 10.6. The van der Waals surface area contributed by atoms with E-state index in [9.17, 15) is 4.79 Å². The fourth-order valence-corrected chi connectivity index (χ4v) is 8.89. The number of aliphatic imine (C=N–C) groups is 1. The van der Waals surface area contributed by atoms with Gasteiger partial charge in [0.15, 0.2) is 5.82 Å². The number of alkyl carbamates (subject to hydrolysis) is 1. The molecule has 4 fully saturated rings. The molecular formula is C34H40ClFN8O3. The summed E-state index contributed by atoms with van der Waals surface area (Å²) < 4.78 is 29.1. The van der Waals surface area contributed by atoms with E-state index in [1.807, 2.05) is 4.90 Å². The summed E-state index contributed by atoms with van der Waals surface area (Å²) in [7, 11) is 0. The number of hydrogen-bond donors (Lipinski definition) is 2. The second kappa shape index (κ2) is 12.4. The molecule has 9 rings (SSSR count). The van der Waals surface area contributed by atoms with Crippen LogP contribution < -0.4 is 21.1 Å². The molecule has 1 aromatic heterocycles. The van der Waals surface area contributed by atoms with Crippen molar-refractivity contribution in [3.8, 4) is 0 Å². The fourth-order valence-electron chi connectivity index (χ4n) is 8.55. The molecular weight excluding hydrogens is 623 g/mol. The number of azo groups is 1. The number of fused-ring (bicyclic) bond motifs is 8. The van der Waals surface area contributed by atoms with Gasteiger partial charge >= 0.3 is 6.09 Å². The molecule has 1 saturated carbocycles. The maximum atomic E-state index is 17.3. The molecule has 3 unspecified atom stereocenters. The van der Waals surface area contributed by atoms with Crippen LogP contribution in [0, 0.1) is 22.3 Å². The summed E-state index contributed by atoms with van der Waals surface area (Å²) in [4.78, 5) is 26.5. The first-order chi connectivity index (χ1) is 23.0. The molecule has 6 aliphatic heterocycles. The Morgan fingerprint density at radius 2 is 2.09 bits per heavy atom. The van der Waals surface area contributed by atoms with E-state index in [0.29, 0.717) is 58.3 Å². The van der Waals surface area contributed by atoms with Crippen LogP contribution >= 0.6 is 11.6 Å². The van der Waals surface area contributed by atoms with E-state index in [0.717, 1.165) is 50.8 Å². The van der Waals surface area contributed by atoms with Crippen LogP contribution in [0.15, 0.2) is 27.5 Å². The minimum atomic E-state index is -0.522. The molecule has 1 aliphatic carbocycles. The SMILES string of the molecule is C=N/C1=c2/cn/c(c(F)c2NCOCC23CCCN2CCC3)=c2\c(c(Cl)cc3c2=CN=N3)C2CC2CCOC(=O)NC2CCCN1C2. The molecule has 47 heavy (non-hydrogen) atoms. The molecule has 7 aliphatic rings. The lowest BCUT2D eigenvalue weighted by Crippen LogP contribution is -2.48. The number of ether oxygens (including phenoxy) is 2. The van der Waals surface area contributed by atoms with E-state index in [-0.39, 0.29) is 47.8 Å². The highest BCUT2D eigenvalue weighted by Gasteiger charge is 2.44. The van der Waals surface area contributed by atoms with E-state index in [1.165, 1.54) is 12.8 Å². The number of halogens is 2. The van der Waals surface area contributed by atoms with E-state index in [2.05, 4.69) is 37.5 Å². The lowest BCUT2D eigenvalue weighted by Gasteiger charge is -2.34. The number of nitrogens with one attached hydrogen (secondary N) is 2. The fraction of sp³-hybridized carbons (Fsp3) is 0.559. The zero-order valence-electron chi connectivity index (χ0n) is 26.4. The zero-order valence-corrected chi connectivity index (χ0v) is 27.2. The lowest BCUT2D eigenvalue weighted by molar-refractivity contribution is 0.0439. The van der Waals surface area contributed by atoms with Gasteiger partial charge in [-0.3, -0.25) is 9.88 Å². The number of nitrogens with zero attached hydrogens (tertiary/aromatic N) is 6. The third kappa shape index (κ3) is 5.57. The molecule has 248 valence electrons. The molecule has 2 N–H and O–H groups in total. The molecule has 2 aromatic rings. The molecule has 1 aromatic carbocycles. The predicted octanol–water partition coefficient (Wildman–Crippen LogP) is 4.47. The quantitative estimate of drug-likeness (QED) is 0.266. The van der Waals surface area contributed by atoms with Crippen LogP contribution in [0.5, 0.6) is 0 Å². The van der Waals surface area contributed by atoms with Crippen molar-refractivity contribution in [2.75, 3.05) is 51.4 Å². The first-order valence-corrected chi connectivity index (χ1v) is 17.2. The number of piperidine rings is 1. The number of rotatable bonds is 6. The third-order valence-corrected chi connectivity index (χ3v) is 11.2. The van der Waals surface area contributed by atoms with Crippen LogP contribution in [0.4, 0.5) is 20.6 Å². The number of benzene rings is 1. The standard InChI is InChI=1S/C34H40ClFN8O3/c1-37-32-24-15-38-31(29(36)30(24)39-19-46-18-34-7-3-10-44(34)11-4-8-34)28-23-16-40-42-26(23)14-25(35)27(28)22-13-20(22)6-12-47-33(45)41-21-5-2-9-43(32)17-21/h14-16,20-22,39H,1-13,17-19H2,(H,41,45)/b31-28-,32-24+. The summed E-state index contributed by atoms with van der Waals surface area (Å²) in [6.45, 7) is 8.24. The number of amides is 1. The van der Waals surface area contributed by atoms with Crippen molar-refractivity contribution in [1.29, 1.82) is 0 Å². The number of aromatic nitrogens is 1. The molecule has 13 heteroatoms. The van der Waals surface area contributed by atoms with E-state index in [1.54, 1.807) is 18.5 Å². The highest BCUT2D eigenvalue weighted by molar-refractivity contribution is 6.31. The van der Waals surface area contributed by atoms with Gasteiger partial charge in [0, 0.05) is 46.3 Å².